The number of benzene rings is 2. The molecule has 0 radical (unpaired) electrons. The zero-order valence-corrected chi connectivity index (χ0v) is 17.2. The molecule has 1 fully saturated rings. The largest absolute Gasteiger partial charge is 0.493 e. The monoisotopic (exact) mass is 410 g/mol. The van der Waals surface area contributed by atoms with Crippen molar-refractivity contribution in [1.29, 1.82) is 0 Å². The van der Waals surface area contributed by atoms with E-state index in [0.29, 0.717) is 23.6 Å². The van der Waals surface area contributed by atoms with Crippen LogP contribution in [0.15, 0.2) is 42.5 Å². The molecule has 0 saturated heterocycles. The van der Waals surface area contributed by atoms with Gasteiger partial charge in [0, 0.05) is 36.6 Å². The van der Waals surface area contributed by atoms with Crippen molar-refractivity contribution in [2.75, 3.05) is 19.5 Å². The Bertz CT molecular complexity index is 937. The fourth-order valence-corrected chi connectivity index (χ4v) is 3.02. The lowest BCUT2D eigenvalue weighted by Gasteiger charge is -2.10. The Morgan fingerprint density at radius 1 is 0.967 bits per heavy atom. The Morgan fingerprint density at radius 3 is 2.43 bits per heavy atom. The summed E-state index contributed by atoms with van der Waals surface area (Å²) in [6, 6.07) is 12.3. The van der Waals surface area contributed by atoms with Crippen LogP contribution in [0.4, 0.5) is 5.69 Å². The van der Waals surface area contributed by atoms with E-state index in [1.54, 1.807) is 18.2 Å². The van der Waals surface area contributed by atoms with Crippen LogP contribution in [0.3, 0.4) is 0 Å². The number of nitrogens with one attached hydrogen (secondary N) is 2. The number of anilines is 1. The summed E-state index contributed by atoms with van der Waals surface area (Å²) in [6.07, 6.45) is 2.08. The molecule has 7 heteroatoms. The first-order chi connectivity index (χ1) is 14.5. The number of ether oxygens (including phenoxy) is 2. The molecule has 0 atom stereocenters. The molecule has 0 aromatic heterocycles. The molecule has 0 unspecified atom stereocenters. The van der Waals surface area contributed by atoms with E-state index in [1.807, 2.05) is 24.3 Å². The maximum atomic E-state index is 12.4. The molecule has 2 N–H and O–H groups in total. The predicted octanol–water partition coefficient (Wildman–Crippen LogP) is 3.33. The fourth-order valence-electron chi connectivity index (χ4n) is 3.02. The van der Waals surface area contributed by atoms with Crippen LogP contribution in [0.25, 0.3) is 0 Å². The molecule has 1 aliphatic carbocycles. The molecule has 30 heavy (non-hydrogen) atoms. The number of Topliss-reactive ketones (excluding diaryl/α,β-unsaturated/α-hetero) is 1. The Kier molecular flexibility index (Phi) is 7.06. The van der Waals surface area contributed by atoms with E-state index in [1.165, 1.54) is 14.2 Å². The first kappa shape index (κ1) is 21.4. The average Bonchev–Trinajstić information content (AvgIpc) is 3.61. The van der Waals surface area contributed by atoms with Gasteiger partial charge in [-0.3, -0.25) is 14.4 Å². The summed E-state index contributed by atoms with van der Waals surface area (Å²) in [5.41, 5.74) is 2.07. The number of carbonyl (C=O) groups is 3. The Labute approximate surface area is 175 Å². The summed E-state index contributed by atoms with van der Waals surface area (Å²) in [6.45, 7) is 0.330. The van der Waals surface area contributed by atoms with E-state index < -0.39 is 0 Å². The summed E-state index contributed by atoms with van der Waals surface area (Å²) in [5, 5.41) is 5.71. The quantitative estimate of drug-likeness (QED) is 0.586. The van der Waals surface area contributed by atoms with Gasteiger partial charge < -0.3 is 20.1 Å². The van der Waals surface area contributed by atoms with Gasteiger partial charge in [-0.2, -0.15) is 0 Å². The summed E-state index contributed by atoms with van der Waals surface area (Å²) in [7, 11) is 3.03. The summed E-state index contributed by atoms with van der Waals surface area (Å²) < 4.78 is 10.4. The van der Waals surface area contributed by atoms with Crippen molar-refractivity contribution in [2.24, 2.45) is 5.92 Å². The third kappa shape index (κ3) is 5.83. The number of amides is 2. The van der Waals surface area contributed by atoms with Crippen molar-refractivity contribution < 1.29 is 23.9 Å². The van der Waals surface area contributed by atoms with Crippen LogP contribution in [0.5, 0.6) is 11.5 Å². The molecule has 0 heterocycles. The van der Waals surface area contributed by atoms with Gasteiger partial charge in [-0.1, -0.05) is 12.1 Å². The summed E-state index contributed by atoms with van der Waals surface area (Å²) in [5.74, 6) is 0.845. The summed E-state index contributed by atoms with van der Waals surface area (Å²) >= 11 is 0. The minimum Gasteiger partial charge on any atom is -0.493 e. The molecule has 1 aliphatic rings. The van der Waals surface area contributed by atoms with Crippen molar-refractivity contribution >= 4 is 23.3 Å². The number of ketones is 1. The fraction of sp³-hybridized carbons (Fsp3) is 0.348. The first-order valence-electron chi connectivity index (χ1n) is 9.92. The van der Waals surface area contributed by atoms with Crippen LogP contribution in [-0.2, 0) is 16.1 Å². The number of methoxy groups -OCH3 is 2. The molecule has 0 aliphatic heterocycles. The van der Waals surface area contributed by atoms with Gasteiger partial charge in [-0.05, 0) is 48.7 Å². The second kappa shape index (κ2) is 9.91. The number of carbonyl (C=O) groups excluding carboxylic acids is 3. The highest BCUT2D eigenvalue weighted by Gasteiger charge is 2.29. The van der Waals surface area contributed by atoms with Crippen molar-refractivity contribution in [3.8, 4) is 11.5 Å². The van der Waals surface area contributed by atoms with Gasteiger partial charge in [0.2, 0.25) is 11.8 Å². The third-order valence-corrected chi connectivity index (χ3v) is 4.92. The standard InChI is InChI=1S/C23H26N2O5/c1-29-20-10-8-17(13-21(20)30-2)19(26)9-11-22(27)24-14-15-4-3-5-18(12-15)25-23(28)16-6-7-16/h3-5,8,10,12-13,16H,6-7,9,11,14H2,1-2H3,(H,24,27)(H,25,28). The third-order valence-electron chi connectivity index (χ3n) is 4.92. The average molecular weight is 410 g/mol. The van der Waals surface area contributed by atoms with Gasteiger partial charge >= 0.3 is 0 Å². The minimum absolute atomic E-state index is 0.0462. The topological polar surface area (TPSA) is 93.7 Å². The normalized spacial score (nSPS) is 12.7. The van der Waals surface area contributed by atoms with E-state index >= 15 is 0 Å². The van der Waals surface area contributed by atoms with Crippen LogP contribution < -0.4 is 20.1 Å². The molecular formula is C23H26N2O5. The highest BCUT2D eigenvalue weighted by atomic mass is 16.5. The van der Waals surface area contributed by atoms with Crippen LogP contribution in [0.1, 0.15) is 41.6 Å². The molecule has 0 spiro atoms. The Balaban J connectivity index is 1.46. The van der Waals surface area contributed by atoms with E-state index in [2.05, 4.69) is 10.6 Å². The summed E-state index contributed by atoms with van der Waals surface area (Å²) in [4.78, 5) is 36.4. The molecule has 2 amide bonds. The van der Waals surface area contributed by atoms with Gasteiger partial charge in [0.05, 0.1) is 14.2 Å². The lowest BCUT2D eigenvalue weighted by molar-refractivity contribution is -0.121. The van der Waals surface area contributed by atoms with E-state index in [4.69, 9.17) is 9.47 Å². The smallest absolute Gasteiger partial charge is 0.227 e. The van der Waals surface area contributed by atoms with Gasteiger partial charge in [0.25, 0.3) is 0 Å². The number of hydrogen-bond acceptors (Lipinski definition) is 5. The molecule has 158 valence electrons. The molecular weight excluding hydrogens is 384 g/mol. The van der Waals surface area contributed by atoms with Gasteiger partial charge in [-0.15, -0.1) is 0 Å². The Hall–Kier alpha value is -3.35. The minimum atomic E-state index is -0.212. The van der Waals surface area contributed by atoms with E-state index in [0.717, 1.165) is 24.1 Å². The lowest BCUT2D eigenvalue weighted by Crippen LogP contribution is -2.23. The predicted molar refractivity (Wildman–Crippen MR) is 113 cm³/mol. The zero-order valence-electron chi connectivity index (χ0n) is 17.2. The van der Waals surface area contributed by atoms with Crippen LogP contribution in [0, 0.1) is 5.92 Å². The second-order valence-corrected chi connectivity index (χ2v) is 7.23. The molecule has 0 bridgehead atoms. The van der Waals surface area contributed by atoms with Crippen LogP contribution in [-0.4, -0.2) is 31.8 Å². The van der Waals surface area contributed by atoms with Crippen molar-refractivity contribution in [3.05, 3.63) is 53.6 Å². The van der Waals surface area contributed by atoms with Gasteiger partial charge in [0.1, 0.15) is 0 Å². The highest BCUT2D eigenvalue weighted by molar-refractivity contribution is 5.98. The molecule has 3 rings (SSSR count). The van der Waals surface area contributed by atoms with Crippen LogP contribution >= 0.6 is 0 Å². The Morgan fingerprint density at radius 2 is 1.73 bits per heavy atom. The maximum Gasteiger partial charge on any atom is 0.227 e. The lowest BCUT2D eigenvalue weighted by atomic mass is 10.1. The number of rotatable bonds is 10. The molecule has 2 aromatic carbocycles. The molecule has 2 aromatic rings. The van der Waals surface area contributed by atoms with E-state index in [9.17, 15) is 14.4 Å². The van der Waals surface area contributed by atoms with Crippen molar-refractivity contribution in [1.82, 2.24) is 5.32 Å². The molecule has 1 saturated carbocycles. The highest BCUT2D eigenvalue weighted by Crippen LogP contribution is 2.30. The maximum absolute atomic E-state index is 12.4. The van der Waals surface area contributed by atoms with E-state index in [-0.39, 0.29) is 36.4 Å². The molecule has 7 nitrogen and oxygen atoms in total. The SMILES string of the molecule is COc1ccc(C(=O)CCC(=O)NCc2cccc(NC(=O)C3CC3)c2)cc1OC. The van der Waals surface area contributed by atoms with Crippen molar-refractivity contribution in [3.63, 3.8) is 0 Å². The van der Waals surface area contributed by atoms with Crippen LogP contribution in [0.2, 0.25) is 0 Å². The van der Waals surface area contributed by atoms with Crippen molar-refractivity contribution in [2.45, 2.75) is 32.2 Å². The number of hydrogen-bond donors (Lipinski definition) is 2. The van der Waals surface area contributed by atoms with Gasteiger partial charge in [0.15, 0.2) is 17.3 Å². The van der Waals surface area contributed by atoms with Gasteiger partial charge in [-0.25, -0.2) is 0 Å². The second-order valence-electron chi connectivity index (χ2n) is 7.23. The first-order valence-corrected chi connectivity index (χ1v) is 9.92. The zero-order chi connectivity index (χ0) is 21.5.